The van der Waals surface area contributed by atoms with Crippen LogP contribution in [0.3, 0.4) is 0 Å². The quantitative estimate of drug-likeness (QED) is 0.510. The number of ether oxygens (including phenoxy) is 2. The molecular formula is C22H20O7. The molecule has 1 aliphatic rings. The zero-order valence-electron chi connectivity index (χ0n) is 16.2. The van der Waals surface area contributed by atoms with Gasteiger partial charge < -0.3 is 24.1 Å². The van der Waals surface area contributed by atoms with Crippen LogP contribution in [0.2, 0.25) is 0 Å². The summed E-state index contributed by atoms with van der Waals surface area (Å²) in [6, 6.07) is 7.19. The third-order valence-corrected chi connectivity index (χ3v) is 5.23. The van der Waals surface area contributed by atoms with E-state index < -0.39 is 11.4 Å². The Labute approximate surface area is 166 Å². The smallest absolute Gasteiger partial charge is 0.311 e. The van der Waals surface area contributed by atoms with Gasteiger partial charge in [-0.1, -0.05) is 13.8 Å². The average Bonchev–Trinajstić information content (AvgIpc) is 2.66. The van der Waals surface area contributed by atoms with E-state index in [2.05, 4.69) is 0 Å². The molecule has 7 nitrogen and oxygen atoms in total. The van der Waals surface area contributed by atoms with Crippen molar-refractivity contribution in [3.05, 3.63) is 46.1 Å². The van der Waals surface area contributed by atoms with Gasteiger partial charge in [0.05, 0.1) is 13.5 Å². The first-order chi connectivity index (χ1) is 13.8. The molecule has 1 aliphatic heterocycles. The van der Waals surface area contributed by atoms with Gasteiger partial charge in [-0.15, -0.1) is 0 Å². The van der Waals surface area contributed by atoms with Crippen LogP contribution in [-0.2, 0) is 4.79 Å². The number of carbonyl (C=O) groups excluding carboxylic acids is 1. The fourth-order valence-corrected chi connectivity index (χ4v) is 3.75. The molecule has 0 radical (unpaired) electrons. The Hall–Kier alpha value is -3.48. The summed E-state index contributed by atoms with van der Waals surface area (Å²) in [4.78, 5) is 24.8. The van der Waals surface area contributed by atoms with Crippen LogP contribution in [0.4, 0.5) is 0 Å². The summed E-state index contributed by atoms with van der Waals surface area (Å²) in [7, 11) is 1.44. The molecule has 0 amide bonds. The van der Waals surface area contributed by atoms with Crippen molar-refractivity contribution in [2.45, 2.75) is 26.2 Å². The number of benzene rings is 2. The van der Waals surface area contributed by atoms with Crippen LogP contribution in [0.25, 0.3) is 22.3 Å². The second kappa shape index (κ2) is 6.84. The maximum Gasteiger partial charge on any atom is 0.311 e. The summed E-state index contributed by atoms with van der Waals surface area (Å²) in [6.45, 7) is 3.93. The van der Waals surface area contributed by atoms with E-state index in [4.69, 9.17) is 13.9 Å². The number of phenols is 2. The fourth-order valence-electron chi connectivity index (χ4n) is 3.75. The lowest BCUT2D eigenvalue weighted by Gasteiger charge is -2.28. The molecule has 150 valence electrons. The van der Waals surface area contributed by atoms with Gasteiger partial charge in [0.1, 0.15) is 28.2 Å². The molecular weight excluding hydrogens is 376 g/mol. The van der Waals surface area contributed by atoms with Gasteiger partial charge in [0.2, 0.25) is 0 Å². The predicted octanol–water partition coefficient (Wildman–Crippen LogP) is 3.93. The Balaban J connectivity index is 2.02. The van der Waals surface area contributed by atoms with E-state index in [0.29, 0.717) is 16.9 Å². The molecule has 0 saturated heterocycles. The SMILES string of the molecule is COc1ccc(-c2cc(=O)c3c(O)cc4c(c3o2)[C@@H](C(C)C)CC(=O)O4)cc1O. The van der Waals surface area contributed by atoms with Gasteiger partial charge in [0.25, 0.3) is 0 Å². The van der Waals surface area contributed by atoms with E-state index in [-0.39, 0.29) is 52.2 Å². The Kier molecular flexibility index (Phi) is 4.45. The summed E-state index contributed by atoms with van der Waals surface area (Å²) >= 11 is 0. The van der Waals surface area contributed by atoms with Crippen molar-refractivity contribution in [1.29, 1.82) is 0 Å². The zero-order valence-corrected chi connectivity index (χ0v) is 16.2. The van der Waals surface area contributed by atoms with Crippen LogP contribution < -0.4 is 14.9 Å². The third-order valence-electron chi connectivity index (χ3n) is 5.23. The molecule has 0 saturated carbocycles. The van der Waals surface area contributed by atoms with E-state index in [9.17, 15) is 19.8 Å². The minimum atomic E-state index is -0.434. The van der Waals surface area contributed by atoms with E-state index >= 15 is 0 Å². The molecule has 0 bridgehead atoms. The number of methoxy groups -OCH3 is 1. The highest BCUT2D eigenvalue weighted by atomic mass is 16.5. The molecule has 2 N–H and O–H groups in total. The number of hydrogen-bond donors (Lipinski definition) is 2. The Bertz CT molecular complexity index is 1190. The highest BCUT2D eigenvalue weighted by molar-refractivity contribution is 5.92. The first-order valence-electron chi connectivity index (χ1n) is 9.22. The summed E-state index contributed by atoms with van der Waals surface area (Å²) in [5, 5.41) is 20.5. The van der Waals surface area contributed by atoms with Gasteiger partial charge in [-0.05, 0) is 24.1 Å². The minimum absolute atomic E-state index is 0.0360. The van der Waals surface area contributed by atoms with Gasteiger partial charge in [0, 0.05) is 29.2 Å². The second-order valence-electron chi connectivity index (χ2n) is 7.40. The van der Waals surface area contributed by atoms with Crippen LogP contribution >= 0.6 is 0 Å². The van der Waals surface area contributed by atoms with Crippen molar-refractivity contribution in [2.24, 2.45) is 5.92 Å². The van der Waals surface area contributed by atoms with Crippen molar-refractivity contribution in [1.82, 2.24) is 0 Å². The van der Waals surface area contributed by atoms with Crippen LogP contribution in [0, 0.1) is 5.92 Å². The van der Waals surface area contributed by atoms with Gasteiger partial charge in [0.15, 0.2) is 16.9 Å². The molecule has 1 atom stereocenters. The highest BCUT2D eigenvalue weighted by Gasteiger charge is 2.34. The molecule has 2 heterocycles. The van der Waals surface area contributed by atoms with E-state index in [1.165, 1.54) is 25.3 Å². The van der Waals surface area contributed by atoms with E-state index in [1.54, 1.807) is 12.1 Å². The molecule has 0 spiro atoms. The Morgan fingerprint density at radius 1 is 1.10 bits per heavy atom. The third kappa shape index (κ3) is 3.08. The van der Waals surface area contributed by atoms with Crippen molar-refractivity contribution in [2.75, 3.05) is 7.11 Å². The number of rotatable bonds is 3. The predicted molar refractivity (Wildman–Crippen MR) is 106 cm³/mol. The normalized spacial score (nSPS) is 16.0. The number of fused-ring (bicyclic) bond motifs is 3. The zero-order chi connectivity index (χ0) is 20.9. The molecule has 4 rings (SSSR count). The first kappa shape index (κ1) is 18.9. The minimum Gasteiger partial charge on any atom is -0.507 e. The molecule has 0 aliphatic carbocycles. The van der Waals surface area contributed by atoms with Crippen LogP contribution in [0.5, 0.6) is 23.0 Å². The molecule has 2 aromatic carbocycles. The summed E-state index contributed by atoms with van der Waals surface area (Å²) in [5.41, 5.74) is 0.803. The molecule has 0 unspecified atom stereocenters. The second-order valence-corrected chi connectivity index (χ2v) is 7.40. The monoisotopic (exact) mass is 396 g/mol. The lowest BCUT2D eigenvalue weighted by atomic mass is 9.82. The number of aromatic hydroxyl groups is 2. The largest absolute Gasteiger partial charge is 0.507 e. The highest BCUT2D eigenvalue weighted by Crippen LogP contribution is 2.46. The Morgan fingerprint density at radius 2 is 1.86 bits per heavy atom. The maximum absolute atomic E-state index is 12.8. The van der Waals surface area contributed by atoms with Gasteiger partial charge in [-0.2, -0.15) is 0 Å². The number of carbonyl (C=O) groups is 1. The van der Waals surface area contributed by atoms with Crippen molar-refractivity contribution in [3.63, 3.8) is 0 Å². The molecule has 1 aromatic heterocycles. The Morgan fingerprint density at radius 3 is 2.52 bits per heavy atom. The van der Waals surface area contributed by atoms with E-state index in [0.717, 1.165) is 0 Å². The van der Waals surface area contributed by atoms with Crippen LogP contribution in [0.1, 0.15) is 31.7 Å². The average molecular weight is 396 g/mol. The van der Waals surface area contributed by atoms with Crippen molar-refractivity contribution in [3.8, 4) is 34.3 Å². The van der Waals surface area contributed by atoms with Gasteiger partial charge in [-0.25, -0.2) is 0 Å². The maximum atomic E-state index is 12.8. The molecule has 0 fully saturated rings. The van der Waals surface area contributed by atoms with Crippen molar-refractivity contribution >= 4 is 16.9 Å². The number of esters is 1. The summed E-state index contributed by atoms with van der Waals surface area (Å²) in [5.74, 6) is -0.249. The van der Waals surface area contributed by atoms with Crippen LogP contribution in [-0.4, -0.2) is 23.3 Å². The molecule has 29 heavy (non-hydrogen) atoms. The first-order valence-corrected chi connectivity index (χ1v) is 9.22. The lowest BCUT2D eigenvalue weighted by molar-refractivity contribution is -0.136. The number of phenolic OH excluding ortho intramolecular Hbond substituents is 2. The van der Waals surface area contributed by atoms with Crippen LogP contribution in [0.15, 0.2) is 39.5 Å². The summed E-state index contributed by atoms with van der Waals surface area (Å²) < 4.78 is 16.4. The van der Waals surface area contributed by atoms with Crippen molar-refractivity contribution < 1.29 is 28.9 Å². The van der Waals surface area contributed by atoms with E-state index in [1.807, 2.05) is 13.8 Å². The lowest BCUT2D eigenvalue weighted by Crippen LogP contribution is -2.24. The molecule has 3 aromatic rings. The molecule has 7 heteroatoms. The van der Waals surface area contributed by atoms with Gasteiger partial charge >= 0.3 is 5.97 Å². The number of hydrogen-bond acceptors (Lipinski definition) is 7. The topological polar surface area (TPSA) is 106 Å². The fraction of sp³-hybridized carbons (Fsp3) is 0.273. The standard InChI is InChI=1S/C22H20O7/c1-10(2)12-7-19(26)28-18-9-15(25)21-14(24)8-17(29-22(21)20(12)18)11-4-5-16(27-3)13(23)6-11/h4-6,8-10,12,23,25H,7H2,1-3H3/t12-/m1/s1. The summed E-state index contributed by atoms with van der Waals surface area (Å²) in [6.07, 6.45) is 0.155. The van der Waals surface area contributed by atoms with Gasteiger partial charge in [-0.3, -0.25) is 9.59 Å².